The van der Waals surface area contributed by atoms with Gasteiger partial charge in [0.2, 0.25) is 0 Å². The number of benzene rings is 1. The minimum Gasteiger partial charge on any atom is -0.386 e. The summed E-state index contributed by atoms with van der Waals surface area (Å²) < 4.78 is 0. The Bertz CT molecular complexity index is 535. The Labute approximate surface area is 110 Å². The van der Waals surface area contributed by atoms with Crippen LogP contribution in [0.3, 0.4) is 0 Å². The van der Waals surface area contributed by atoms with E-state index in [2.05, 4.69) is 0 Å². The van der Waals surface area contributed by atoms with Crippen molar-refractivity contribution in [3.8, 4) is 0 Å². The molecule has 1 fully saturated rings. The average molecular weight is 264 g/mol. The summed E-state index contributed by atoms with van der Waals surface area (Å²) in [4.78, 5) is 23.9. The molecule has 1 heterocycles. The minimum absolute atomic E-state index is 0.0970. The fourth-order valence-electron chi connectivity index (χ4n) is 2.16. The molecule has 0 bridgehead atoms. The number of carbonyl (C=O) groups excluding carboxylic acids is 1. The summed E-state index contributed by atoms with van der Waals surface area (Å²) in [7, 11) is 0. The number of aliphatic hydroxyl groups is 1. The Hall–Kier alpha value is -1.95. The van der Waals surface area contributed by atoms with Crippen LogP contribution in [0.1, 0.15) is 29.3 Å². The predicted octanol–water partition coefficient (Wildman–Crippen LogP) is 1.50. The maximum atomic E-state index is 12.2. The molecule has 0 unspecified atom stereocenters. The number of rotatable bonds is 3. The van der Waals surface area contributed by atoms with Gasteiger partial charge in [-0.15, -0.1) is 0 Å². The molecule has 1 aliphatic heterocycles. The van der Waals surface area contributed by atoms with Crippen LogP contribution in [0.2, 0.25) is 0 Å². The van der Waals surface area contributed by atoms with Crippen molar-refractivity contribution in [3.05, 3.63) is 39.4 Å². The van der Waals surface area contributed by atoms with E-state index >= 15 is 0 Å². The van der Waals surface area contributed by atoms with Crippen molar-refractivity contribution >= 4 is 11.6 Å². The number of likely N-dealkylation sites (tertiary alicyclic amines) is 1. The van der Waals surface area contributed by atoms with Gasteiger partial charge >= 0.3 is 0 Å². The van der Waals surface area contributed by atoms with Crippen LogP contribution < -0.4 is 0 Å². The van der Waals surface area contributed by atoms with Crippen molar-refractivity contribution in [2.24, 2.45) is 0 Å². The average Bonchev–Trinajstić information content (AvgIpc) is 2.34. The van der Waals surface area contributed by atoms with Crippen molar-refractivity contribution in [2.45, 2.75) is 25.9 Å². The number of amides is 1. The zero-order valence-corrected chi connectivity index (χ0v) is 10.9. The van der Waals surface area contributed by atoms with E-state index < -0.39 is 10.5 Å². The molecule has 1 aromatic rings. The quantitative estimate of drug-likeness (QED) is 0.662. The van der Waals surface area contributed by atoms with E-state index in [0.29, 0.717) is 17.5 Å². The third-order valence-electron chi connectivity index (χ3n) is 3.58. The van der Waals surface area contributed by atoms with Crippen molar-refractivity contribution in [1.29, 1.82) is 0 Å². The van der Waals surface area contributed by atoms with Gasteiger partial charge in [-0.2, -0.15) is 0 Å². The second-order valence-electron chi connectivity index (χ2n) is 5.00. The Morgan fingerprint density at radius 2 is 2.16 bits per heavy atom. The molecule has 0 aliphatic carbocycles. The molecule has 0 atom stereocenters. The molecular formula is C13H16N2O4. The molecule has 1 saturated heterocycles. The van der Waals surface area contributed by atoms with E-state index in [1.54, 1.807) is 13.0 Å². The van der Waals surface area contributed by atoms with Crippen LogP contribution in [-0.4, -0.2) is 39.5 Å². The zero-order chi connectivity index (χ0) is 14.2. The summed E-state index contributed by atoms with van der Waals surface area (Å²) in [5.41, 5.74) is 0.125. The molecule has 6 nitrogen and oxygen atoms in total. The molecule has 1 aromatic carbocycles. The van der Waals surface area contributed by atoms with Gasteiger partial charge in [-0.25, -0.2) is 0 Å². The lowest BCUT2D eigenvalue weighted by molar-refractivity contribution is -0.384. The van der Waals surface area contributed by atoms with Crippen LogP contribution in [0.5, 0.6) is 0 Å². The monoisotopic (exact) mass is 264 g/mol. The van der Waals surface area contributed by atoms with Gasteiger partial charge in [0.1, 0.15) is 0 Å². The number of nitrogens with zero attached hydrogens (tertiary/aromatic N) is 2. The van der Waals surface area contributed by atoms with Gasteiger partial charge in [-0.1, -0.05) is 13.0 Å². The Morgan fingerprint density at radius 3 is 2.68 bits per heavy atom. The number of nitro benzene ring substituents is 1. The van der Waals surface area contributed by atoms with E-state index in [9.17, 15) is 20.0 Å². The smallest absolute Gasteiger partial charge is 0.270 e. The fourth-order valence-corrected chi connectivity index (χ4v) is 2.16. The number of hydrogen-bond acceptors (Lipinski definition) is 4. The van der Waals surface area contributed by atoms with Crippen molar-refractivity contribution in [2.75, 3.05) is 13.1 Å². The summed E-state index contributed by atoms with van der Waals surface area (Å²) in [5.74, 6) is -0.265. The van der Waals surface area contributed by atoms with Crippen LogP contribution in [0, 0.1) is 17.0 Å². The molecule has 0 aromatic heterocycles. The van der Waals surface area contributed by atoms with Crippen molar-refractivity contribution in [3.63, 3.8) is 0 Å². The maximum absolute atomic E-state index is 12.2. The van der Waals surface area contributed by atoms with Gasteiger partial charge in [0.05, 0.1) is 23.6 Å². The van der Waals surface area contributed by atoms with Crippen LogP contribution in [-0.2, 0) is 0 Å². The molecule has 1 N–H and O–H groups in total. The number of nitro groups is 1. The van der Waals surface area contributed by atoms with E-state index in [1.165, 1.54) is 17.0 Å². The molecule has 2 rings (SSSR count). The highest BCUT2D eigenvalue weighted by Gasteiger charge is 2.42. The number of aryl methyl sites for hydroxylation is 1. The largest absolute Gasteiger partial charge is 0.386 e. The van der Waals surface area contributed by atoms with Crippen LogP contribution in [0.25, 0.3) is 0 Å². The van der Waals surface area contributed by atoms with Gasteiger partial charge in [-0.3, -0.25) is 14.9 Å². The van der Waals surface area contributed by atoms with E-state index in [0.717, 1.165) is 0 Å². The van der Waals surface area contributed by atoms with Crippen LogP contribution in [0.4, 0.5) is 5.69 Å². The Morgan fingerprint density at radius 1 is 1.53 bits per heavy atom. The maximum Gasteiger partial charge on any atom is 0.270 e. The molecule has 6 heteroatoms. The fraction of sp³-hybridized carbons (Fsp3) is 0.462. The van der Waals surface area contributed by atoms with Gasteiger partial charge in [0, 0.05) is 17.7 Å². The van der Waals surface area contributed by atoms with Gasteiger partial charge in [-0.05, 0) is 18.9 Å². The predicted molar refractivity (Wildman–Crippen MR) is 69.0 cm³/mol. The lowest BCUT2D eigenvalue weighted by Gasteiger charge is -2.46. The summed E-state index contributed by atoms with van der Waals surface area (Å²) >= 11 is 0. The number of non-ortho nitro benzene ring substituents is 1. The molecule has 102 valence electrons. The summed E-state index contributed by atoms with van der Waals surface area (Å²) in [6, 6.07) is 4.24. The first kappa shape index (κ1) is 13.5. The van der Waals surface area contributed by atoms with E-state index in [4.69, 9.17) is 0 Å². The molecule has 1 amide bonds. The molecule has 0 saturated carbocycles. The molecule has 0 spiro atoms. The van der Waals surface area contributed by atoms with Gasteiger partial charge < -0.3 is 10.0 Å². The van der Waals surface area contributed by atoms with Crippen molar-refractivity contribution < 1.29 is 14.8 Å². The Kier molecular flexibility index (Phi) is 3.28. The molecule has 19 heavy (non-hydrogen) atoms. The van der Waals surface area contributed by atoms with E-state index in [-0.39, 0.29) is 24.7 Å². The molecular weight excluding hydrogens is 248 g/mol. The van der Waals surface area contributed by atoms with Crippen LogP contribution in [0.15, 0.2) is 18.2 Å². The second-order valence-corrected chi connectivity index (χ2v) is 5.00. The van der Waals surface area contributed by atoms with Crippen LogP contribution >= 0.6 is 0 Å². The number of hydrogen-bond donors (Lipinski definition) is 1. The lowest BCUT2D eigenvalue weighted by atomic mass is 9.90. The SMILES string of the molecule is CCC1(O)CN(C(=O)c2cc([N+](=O)[O-])ccc2C)C1. The topological polar surface area (TPSA) is 83.7 Å². The minimum atomic E-state index is -0.801. The van der Waals surface area contributed by atoms with E-state index in [1.807, 2.05) is 6.92 Å². The molecule has 1 aliphatic rings. The lowest BCUT2D eigenvalue weighted by Crippen LogP contribution is -2.63. The summed E-state index contributed by atoms with van der Waals surface area (Å²) in [6.07, 6.45) is 0.588. The summed E-state index contributed by atoms with van der Waals surface area (Å²) in [5, 5.41) is 20.6. The number of β-amino-alcohol motifs (C(OH)–C–C–N with tert-alkyl or cyclic N) is 1. The first-order valence-electron chi connectivity index (χ1n) is 6.13. The zero-order valence-electron chi connectivity index (χ0n) is 10.9. The normalized spacial score (nSPS) is 16.9. The van der Waals surface area contributed by atoms with Gasteiger partial charge in [0.25, 0.3) is 11.6 Å². The Balaban J connectivity index is 2.21. The third-order valence-corrected chi connectivity index (χ3v) is 3.58. The summed E-state index contributed by atoms with van der Waals surface area (Å²) in [6.45, 7) is 4.16. The third kappa shape index (κ3) is 2.44. The first-order chi connectivity index (χ1) is 8.86. The highest BCUT2D eigenvalue weighted by atomic mass is 16.6. The van der Waals surface area contributed by atoms with Gasteiger partial charge in [0.15, 0.2) is 0 Å². The first-order valence-corrected chi connectivity index (χ1v) is 6.13. The highest BCUT2D eigenvalue weighted by Crippen LogP contribution is 2.27. The van der Waals surface area contributed by atoms with Crippen molar-refractivity contribution in [1.82, 2.24) is 4.90 Å². The molecule has 0 radical (unpaired) electrons. The standard InChI is InChI=1S/C13H16N2O4/c1-3-13(17)7-14(8-13)12(16)11-6-10(15(18)19)5-4-9(11)2/h4-6,17H,3,7-8H2,1-2H3. The highest BCUT2D eigenvalue weighted by molar-refractivity contribution is 5.97. The number of carbonyl (C=O) groups is 1. The second kappa shape index (κ2) is 4.62.